The van der Waals surface area contributed by atoms with E-state index in [-0.39, 0.29) is 0 Å². The van der Waals surface area contributed by atoms with Crippen molar-refractivity contribution in [1.82, 2.24) is 23.9 Å². The molecule has 0 fully saturated rings. The summed E-state index contributed by atoms with van der Waals surface area (Å²) in [6.07, 6.45) is 2.91. The van der Waals surface area contributed by atoms with Gasteiger partial charge in [0.1, 0.15) is 17.0 Å². The maximum absolute atomic E-state index is 5.14. The Morgan fingerprint density at radius 3 is 2.47 bits per heavy atom. The molecule has 4 heterocycles. The van der Waals surface area contributed by atoms with E-state index in [0.29, 0.717) is 0 Å². The first-order valence-electron chi connectivity index (χ1n) is 11.5. The topological polar surface area (TPSA) is 48.0 Å². The molecule has 0 bridgehead atoms. The van der Waals surface area contributed by atoms with E-state index in [1.165, 1.54) is 0 Å². The summed E-state index contributed by atoms with van der Waals surface area (Å²) in [6.45, 7) is 2.15. The molecule has 162 valence electrons. The molecule has 0 spiro atoms. The van der Waals surface area contributed by atoms with Gasteiger partial charge in [0.25, 0.3) is 0 Å². The summed E-state index contributed by atoms with van der Waals surface area (Å²) < 4.78 is 4.40. The Labute approximate surface area is 196 Å². The number of imidazole rings is 2. The van der Waals surface area contributed by atoms with Gasteiger partial charge in [-0.15, -0.1) is 0 Å². The molecule has 0 aliphatic heterocycles. The molecule has 0 amide bonds. The van der Waals surface area contributed by atoms with Gasteiger partial charge in [-0.3, -0.25) is 8.97 Å². The van der Waals surface area contributed by atoms with Crippen LogP contribution in [0.5, 0.6) is 0 Å². The van der Waals surface area contributed by atoms with Gasteiger partial charge < -0.3 is 0 Å². The molecule has 0 radical (unpaired) electrons. The van der Waals surface area contributed by atoms with Crippen LogP contribution in [0, 0.1) is 0 Å². The molecule has 7 aromatic rings. The number of aromatic nitrogens is 5. The third-order valence-electron chi connectivity index (χ3n) is 6.47. The summed E-state index contributed by atoms with van der Waals surface area (Å²) in [6, 6.07) is 31.2. The number of hydrogen-bond acceptors (Lipinski definition) is 3. The van der Waals surface area contributed by atoms with Crippen LogP contribution in [0.1, 0.15) is 12.7 Å². The van der Waals surface area contributed by atoms with Crippen LogP contribution in [-0.2, 0) is 6.42 Å². The van der Waals surface area contributed by atoms with Crippen molar-refractivity contribution in [2.24, 2.45) is 0 Å². The van der Waals surface area contributed by atoms with Gasteiger partial charge in [-0.2, -0.15) is 0 Å². The lowest BCUT2D eigenvalue weighted by Crippen LogP contribution is -2.00. The first-order valence-corrected chi connectivity index (χ1v) is 11.5. The Bertz CT molecular complexity index is 1860. The fourth-order valence-electron chi connectivity index (χ4n) is 4.95. The van der Waals surface area contributed by atoms with Gasteiger partial charge in [-0.1, -0.05) is 55.5 Å². The summed E-state index contributed by atoms with van der Waals surface area (Å²) in [5.41, 5.74) is 9.05. The van der Waals surface area contributed by atoms with E-state index in [2.05, 4.69) is 76.7 Å². The number of pyridine rings is 2. The Hall–Kier alpha value is -4.51. The third-order valence-corrected chi connectivity index (χ3v) is 6.47. The summed E-state index contributed by atoms with van der Waals surface area (Å²) in [5, 5.41) is 1.06. The van der Waals surface area contributed by atoms with Gasteiger partial charge in [-0.05, 0) is 42.5 Å². The van der Waals surface area contributed by atoms with Crippen molar-refractivity contribution in [2.45, 2.75) is 13.3 Å². The lowest BCUT2D eigenvalue weighted by atomic mass is 10.1. The fourth-order valence-corrected chi connectivity index (χ4v) is 4.95. The molecule has 34 heavy (non-hydrogen) atoms. The van der Waals surface area contributed by atoms with Crippen molar-refractivity contribution >= 4 is 38.6 Å². The Kier molecular flexibility index (Phi) is 4.05. The number of nitrogens with zero attached hydrogens (tertiary/aromatic N) is 5. The normalized spacial score (nSPS) is 11.8. The molecule has 0 aliphatic rings. The first kappa shape index (κ1) is 19.0. The van der Waals surface area contributed by atoms with Crippen molar-refractivity contribution in [3.8, 4) is 16.9 Å². The monoisotopic (exact) mass is 439 g/mol. The number of aryl methyl sites for hydroxylation is 1. The lowest BCUT2D eigenvalue weighted by molar-refractivity contribution is 0.908. The average Bonchev–Trinajstić information content (AvgIpc) is 3.47. The Balaban J connectivity index is 1.55. The zero-order chi connectivity index (χ0) is 22.6. The molecule has 0 unspecified atom stereocenters. The fraction of sp³-hybridized carbons (Fsp3) is 0.0690. The number of hydrogen-bond donors (Lipinski definition) is 0. The van der Waals surface area contributed by atoms with Crippen LogP contribution in [0.25, 0.3) is 55.6 Å². The maximum Gasteiger partial charge on any atom is 0.137 e. The first-order chi connectivity index (χ1) is 16.8. The number of fused-ring (bicyclic) bond motifs is 6. The van der Waals surface area contributed by atoms with Gasteiger partial charge in [0.2, 0.25) is 0 Å². The molecule has 0 atom stereocenters. The van der Waals surface area contributed by atoms with Crippen LogP contribution in [0.4, 0.5) is 0 Å². The summed E-state index contributed by atoms with van der Waals surface area (Å²) in [7, 11) is 0. The van der Waals surface area contributed by atoms with Crippen molar-refractivity contribution < 1.29 is 0 Å². The molecular formula is C29H21N5. The van der Waals surface area contributed by atoms with Crippen molar-refractivity contribution in [3.05, 3.63) is 103 Å². The van der Waals surface area contributed by atoms with Crippen LogP contribution < -0.4 is 0 Å². The number of para-hydroxylation sites is 3. The molecule has 4 aromatic heterocycles. The number of benzene rings is 3. The van der Waals surface area contributed by atoms with Crippen molar-refractivity contribution in [1.29, 1.82) is 0 Å². The predicted molar refractivity (Wildman–Crippen MR) is 137 cm³/mol. The van der Waals surface area contributed by atoms with E-state index in [1.54, 1.807) is 0 Å². The minimum absolute atomic E-state index is 0.852. The SMILES string of the molecule is CCc1nc2ccccc2n1-c1cccc(-c2nc3ccccc3c3nc4ccccn4c23)c1. The summed E-state index contributed by atoms with van der Waals surface area (Å²) >= 11 is 0. The maximum atomic E-state index is 5.14. The van der Waals surface area contributed by atoms with E-state index in [1.807, 2.05) is 36.4 Å². The van der Waals surface area contributed by atoms with Gasteiger partial charge in [-0.25, -0.2) is 15.0 Å². The molecule has 7 rings (SSSR count). The molecule has 0 saturated carbocycles. The summed E-state index contributed by atoms with van der Waals surface area (Å²) in [4.78, 5) is 15.0. The second-order valence-corrected chi connectivity index (χ2v) is 8.47. The van der Waals surface area contributed by atoms with Crippen LogP contribution >= 0.6 is 0 Å². The number of rotatable bonds is 3. The Morgan fingerprint density at radius 2 is 1.56 bits per heavy atom. The van der Waals surface area contributed by atoms with Crippen LogP contribution in [0.2, 0.25) is 0 Å². The lowest BCUT2D eigenvalue weighted by Gasteiger charge is -2.12. The van der Waals surface area contributed by atoms with Crippen molar-refractivity contribution in [2.75, 3.05) is 0 Å². The van der Waals surface area contributed by atoms with Crippen LogP contribution in [0.15, 0.2) is 97.2 Å². The van der Waals surface area contributed by atoms with Crippen LogP contribution in [-0.4, -0.2) is 23.9 Å². The molecule has 0 aliphatic carbocycles. The highest BCUT2D eigenvalue weighted by Gasteiger charge is 2.17. The Morgan fingerprint density at radius 1 is 0.735 bits per heavy atom. The summed E-state index contributed by atoms with van der Waals surface area (Å²) in [5.74, 6) is 1.05. The van der Waals surface area contributed by atoms with E-state index >= 15 is 0 Å². The van der Waals surface area contributed by atoms with Gasteiger partial charge in [0, 0.05) is 29.3 Å². The van der Waals surface area contributed by atoms with Crippen molar-refractivity contribution in [3.63, 3.8) is 0 Å². The molecule has 5 heteroatoms. The molecule has 0 saturated heterocycles. The second-order valence-electron chi connectivity index (χ2n) is 8.47. The highest BCUT2D eigenvalue weighted by molar-refractivity contribution is 6.09. The van der Waals surface area contributed by atoms with E-state index in [0.717, 1.165) is 67.8 Å². The molecular weight excluding hydrogens is 418 g/mol. The smallest absolute Gasteiger partial charge is 0.137 e. The quantitative estimate of drug-likeness (QED) is 0.311. The van der Waals surface area contributed by atoms with Crippen LogP contribution in [0.3, 0.4) is 0 Å². The average molecular weight is 440 g/mol. The third kappa shape index (κ3) is 2.70. The molecule has 3 aromatic carbocycles. The minimum atomic E-state index is 0.852. The standard InChI is InChI=1S/C29H21N5/c1-2-25-30-23-14-5-6-15-24(23)34(25)20-11-9-10-19(18-20)27-29-28(21-12-3-4-13-22(21)31-27)32-26-16-7-8-17-33(26)29/h3-18H,2H2,1H3. The van der Waals surface area contributed by atoms with Gasteiger partial charge in [0.05, 0.1) is 27.8 Å². The highest BCUT2D eigenvalue weighted by atomic mass is 15.1. The van der Waals surface area contributed by atoms with Gasteiger partial charge >= 0.3 is 0 Å². The second kappa shape index (κ2) is 7.25. The molecule has 5 nitrogen and oxygen atoms in total. The molecule has 0 N–H and O–H groups in total. The zero-order valence-electron chi connectivity index (χ0n) is 18.7. The predicted octanol–water partition coefficient (Wildman–Crippen LogP) is 6.60. The minimum Gasteiger partial charge on any atom is -0.298 e. The van der Waals surface area contributed by atoms with E-state index in [4.69, 9.17) is 15.0 Å². The van der Waals surface area contributed by atoms with E-state index < -0.39 is 0 Å². The largest absolute Gasteiger partial charge is 0.298 e. The highest BCUT2D eigenvalue weighted by Crippen LogP contribution is 2.34. The zero-order valence-corrected chi connectivity index (χ0v) is 18.7. The van der Waals surface area contributed by atoms with E-state index in [9.17, 15) is 0 Å². The van der Waals surface area contributed by atoms with Gasteiger partial charge in [0.15, 0.2) is 0 Å².